The van der Waals surface area contributed by atoms with Crippen LogP contribution < -0.4 is 9.47 Å². The molecule has 6 rings (SSSR count). The number of halogens is 3. The van der Waals surface area contributed by atoms with E-state index in [9.17, 15) is 22.8 Å². The first-order chi connectivity index (χ1) is 20.0. The monoisotopic (exact) mass is 575 g/mol. The van der Waals surface area contributed by atoms with Crippen molar-refractivity contribution in [1.29, 1.82) is 0 Å². The summed E-state index contributed by atoms with van der Waals surface area (Å²) in [4.78, 5) is 39.7. The van der Waals surface area contributed by atoms with Crippen LogP contribution in [0.15, 0.2) is 60.9 Å². The number of hydrogen-bond donors (Lipinski definition) is 1. The van der Waals surface area contributed by atoms with Crippen molar-refractivity contribution in [3.8, 4) is 22.8 Å². The van der Waals surface area contributed by atoms with Crippen molar-refractivity contribution in [3.05, 3.63) is 83.3 Å². The summed E-state index contributed by atoms with van der Waals surface area (Å²) in [6.07, 6.45) is -1.55. The molecule has 0 unspecified atom stereocenters. The quantitative estimate of drug-likeness (QED) is 0.326. The van der Waals surface area contributed by atoms with Gasteiger partial charge < -0.3 is 4.90 Å². The fourth-order valence-electron chi connectivity index (χ4n) is 5.55. The Balaban J connectivity index is 1.27. The second kappa shape index (κ2) is 10.4. The number of amides is 2. The molecule has 1 fully saturated rings. The highest BCUT2D eigenvalue weighted by Gasteiger charge is 2.43. The van der Waals surface area contributed by atoms with Crippen molar-refractivity contribution < 1.29 is 27.3 Å². The molecule has 2 aliphatic rings. The third kappa shape index (κ3) is 5.03. The fraction of sp³-hybridized carbons (Fsp3) is 0.323. The Kier molecular flexibility index (Phi) is 6.83. The second-order valence-corrected chi connectivity index (χ2v) is 11.1. The summed E-state index contributed by atoms with van der Waals surface area (Å²) >= 11 is 0. The van der Waals surface area contributed by atoms with Crippen molar-refractivity contribution >= 4 is 17.6 Å². The van der Waals surface area contributed by atoms with Crippen molar-refractivity contribution in [2.75, 3.05) is 18.0 Å². The molecule has 2 aliphatic heterocycles. The topological polar surface area (TPSA) is 86.1 Å². The molecule has 216 valence electrons. The first kappa shape index (κ1) is 27.6. The van der Waals surface area contributed by atoms with E-state index in [1.54, 1.807) is 44.8 Å². The van der Waals surface area contributed by atoms with E-state index in [2.05, 4.69) is 29.9 Å². The van der Waals surface area contributed by atoms with Crippen LogP contribution in [0, 0.1) is 0 Å². The minimum absolute atomic E-state index is 0.0882. The molecule has 4 heterocycles. The number of likely N-dealkylation sites (tertiary alicyclic amines) is 1. The van der Waals surface area contributed by atoms with Gasteiger partial charge in [0.2, 0.25) is 17.5 Å². The molecule has 11 heteroatoms. The van der Waals surface area contributed by atoms with Crippen LogP contribution in [0.5, 0.6) is 0 Å². The van der Waals surface area contributed by atoms with Crippen LogP contribution in [-0.2, 0) is 28.7 Å². The number of H-pyrrole nitrogens is 1. The summed E-state index contributed by atoms with van der Waals surface area (Å²) in [6, 6.07) is 14.8. The van der Waals surface area contributed by atoms with E-state index in [-0.39, 0.29) is 36.7 Å². The smallest absolute Gasteiger partial charge is 0.334 e. The molecule has 0 radical (unpaired) electrons. The maximum Gasteiger partial charge on any atom is 0.457 e. The Morgan fingerprint density at radius 2 is 1.83 bits per heavy atom. The van der Waals surface area contributed by atoms with Crippen molar-refractivity contribution in [2.24, 2.45) is 0 Å². The molecule has 2 aromatic heterocycles. The normalized spacial score (nSPS) is 15.4. The highest BCUT2D eigenvalue weighted by atomic mass is 19.4. The van der Waals surface area contributed by atoms with E-state index < -0.39 is 11.9 Å². The van der Waals surface area contributed by atoms with Gasteiger partial charge in [0, 0.05) is 24.2 Å². The highest BCUT2D eigenvalue weighted by Crippen LogP contribution is 2.34. The zero-order valence-electron chi connectivity index (χ0n) is 23.4. The Morgan fingerprint density at radius 1 is 1.12 bits per heavy atom. The number of hydrogen-bond acceptors (Lipinski definition) is 4. The molecule has 8 nitrogen and oxygen atoms in total. The van der Waals surface area contributed by atoms with Crippen LogP contribution in [0.25, 0.3) is 22.8 Å². The van der Waals surface area contributed by atoms with E-state index in [1.807, 2.05) is 18.2 Å². The third-order valence-corrected chi connectivity index (χ3v) is 7.92. The fourth-order valence-corrected chi connectivity index (χ4v) is 5.55. The average Bonchev–Trinajstić information content (AvgIpc) is 3.49. The second-order valence-electron chi connectivity index (χ2n) is 11.1. The highest BCUT2D eigenvalue weighted by molar-refractivity contribution is 6.00. The number of carbonyl (C=O) groups excluding carboxylic acids is 2. The molecule has 0 saturated carbocycles. The van der Waals surface area contributed by atoms with Gasteiger partial charge in [-0.1, -0.05) is 50.2 Å². The molecule has 1 N–H and O–H groups in total. The van der Waals surface area contributed by atoms with Gasteiger partial charge in [-0.3, -0.25) is 14.5 Å². The molecule has 0 aliphatic carbocycles. The van der Waals surface area contributed by atoms with Crippen molar-refractivity contribution in [2.45, 2.75) is 51.9 Å². The number of alkyl halides is 3. The lowest BCUT2D eigenvalue weighted by molar-refractivity contribution is -0.721. The van der Waals surface area contributed by atoms with Gasteiger partial charge in [-0.25, -0.2) is 19.5 Å². The summed E-state index contributed by atoms with van der Waals surface area (Å²) in [5.41, 5.74) is 3.33. The average molecular weight is 576 g/mol. The Hall–Kier alpha value is -4.54. The van der Waals surface area contributed by atoms with E-state index in [0.717, 1.165) is 28.5 Å². The molecular formula is C31H30F3N6O2+. The summed E-state index contributed by atoms with van der Waals surface area (Å²) in [5.74, 6) is 1.52. The molecule has 0 atom stereocenters. The van der Waals surface area contributed by atoms with Gasteiger partial charge >= 0.3 is 6.18 Å². The van der Waals surface area contributed by atoms with Crippen LogP contribution in [0.4, 0.5) is 19.0 Å². The number of nitrogens with zero attached hydrogens (tertiary/aromatic N) is 5. The summed E-state index contributed by atoms with van der Waals surface area (Å²) < 4.78 is 42.3. The Morgan fingerprint density at radius 3 is 2.50 bits per heavy atom. The van der Waals surface area contributed by atoms with Gasteiger partial charge in [-0.15, -0.1) is 0 Å². The van der Waals surface area contributed by atoms with Crippen LogP contribution in [-0.4, -0.2) is 44.8 Å². The van der Waals surface area contributed by atoms with Gasteiger partial charge in [-0.05, 0) is 29.2 Å². The van der Waals surface area contributed by atoms with Crippen LogP contribution in [0.1, 0.15) is 55.1 Å². The molecule has 42 heavy (non-hydrogen) atoms. The largest absolute Gasteiger partial charge is 0.457 e. The van der Waals surface area contributed by atoms with Crippen LogP contribution >= 0.6 is 0 Å². The number of carbonyl (C=O) groups is 2. The molecule has 4 aromatic rings. The number of fused-ring (bicyclic) bond motifs is 1. The lowest BCUT2D eigenvalue weighted by atomic mass is 9.97. The third-order valence-electron chi connectivity index (χ3n) is 7.92. The number of aromatic amines is 1. The molecule has 0 spiro atoms. The molecular weight excluding hydrogens is 545 g/mol. The van der Waals surface area contributed by atoms with E-state index >= 15 is 0 Å². The standard InChI is InChI=1S/C31H29F3N6O2/c1-18(2)24-6-4-5-7-25(24)28-35-13-22-12-27(42)40(30(22)37-28)14-20-8-10-21(11-9-20)29-36-26(31(32,33)34)17-39(29)23-15-38(16-23)19(3)41/h4-11,13,17-18,23H,12,14-16H2,1-3H3/p+1. The van der Waals surface area contributed by atoms with E-state index in [4.69, 9.17) is 4.98 Å². The zero-order chi connectivity index (χ0) is 29.8. The Labute approximate surface area is 240 Å². The lowest BCUT2D eigenvalue weighted by Crippen LogP contribution is -2.60. The summed E-state index contributed by atoms with van der Waals surface area (Å²) in [7, 11) is 0. The predicted molar refractivity (Wildman–Crippen MR) is 149 cm³/mol. The zero-order valence-corrected chi connectivity index (χ0v) is 23.4. The molecule has 2 aromatic carbocycles. The SMILES string of the molecule is CC(=O)N1CC([n+]2cc(C(F)(F)F)[nH]c2-c2ccc(CN3C(=O)Cc4cnc(-c5ccccc5C(C)C)nc43)cc2)C1. The predicted octanol–water partition coefficient (Wildman–Crippen LogP) is 5.06. The van der Waals surface area contributed by atoms with Crippen LogP contribution in [0.3, 0.4) is 0 Å². The van der Waals surface area contributed by atoms with Crippen molar-refractivity contribution in [3.63, 3.8) is 0 Å². The lowest BCUT2D eigenvalue weighted by Gasteiger charge is -2.36. The number of nitrogens with one attached hydrogen (secondary N) is 1. The number of imidazole rings is 1. The van der Waals surface area contributed by atoms with E-state index in [1.165, 1.54) is 6.92 Å². The number of aromatic nitrogens is 4. The maximum atomic E-state index is 13.6. The first-order valence-electron chi connectivity index (χ1n) is 13.8. The first-order valence-corrected chi connectivity index (χ1v) is 13.8. The van der Waals surface area contributed by atoms with Gasteiger partial charge in [-0.2, -0.15) is 13.2 Å². The van der Waals surface area contributed by atoms with Gasteiger partial charge in [0.15, 0.2) is 5.82 Å². The minimum Gasteiger partial charge on any atom is -0.334 e. The number of benzene rings is 2. The summed E-state index contributed by atoms with van der Waals surface area (Å²) in [5, 5.41) is 0. The van der Waals surface area contributed by atoms with Gasteiger partial charge in [0.05, 0.1) is 31.6 Å². The number of rotatable bonds is 6. The van der Waals surface area contributed by atoms with Gasteiger partial charge in [0.25, 0.3) is 5.82 Å². The maximum absolute atomic E-state index is 13.6. The molecule has 1 saturated heterocycles. The van der Waals surface area contributed by atoms with E-state index in [0.29, 0.717) is 36.1 Å². The van der Waals surface area contributed by atoms with Crippen molar-refractivity contribution in [1.82, 2.24) is 19.9 Å². The molecule has 0 bridgehead atoms. The summed E-state index contributed by atoms with van der Waals surface area (Å²) in [6.45, 7) is 6.63. The Bertz CT molecular complexity index is 1670. The van der Waals surface area contributed by atoms with Crippen LogP contribution in [0.2, 0.25) is 0 Å². The van der Waals surface area contributed by atoms with Gasteiger partial charge in [0.1, 0.15) is 18.1 Å². The number of anilines is 1. The molecule has 2 amide bonds. The minimum atomic E-state index is -4.54.